The lowest BCUT2D eigenvalue weighted by Gasteiger charge is -2.35. The van der Waals surface area contributed by atoms with Crippen LogP contribution < -0.4 is 24.8 Å². The lowest BCUT2D eigenvalue weighted by atomic mass is 9.85. The van der Waals surface area contributed by atoms with Crippen LogP contribution in [0.25, 0.3) is 22.0 Å². The number of thiazole rings is 1. The molecule has 5 atom stereocenters. The second-order valence-electron chi connectivity index (χ2n) is 17.0. The summed E-state index contributed by atoms with van der Waals surface area (Å²) in [6, 6.07) is 5.45. The Labute approximate surface area is 357 Å². The van der Waals surface area contributed by atoms with Gasteiger partial charge in [0, 0.05) is 34.6 Å². The number of carbonyl (C=O) groups excluding carboxylic acids is 3. The fourth-order valence-corrected chi connectivity index (χ4v) is 9.82. The monoisotopic (exact) mass is 910 g/mol. The van der Waals surface area contributed by atoms with Crippen LogP contribution in [0.1, 0.15) is 64.0 Å². The van der Waals surface area contributed by atoms with Gasteiger partial charge in [0.05, 0.1) is 36.4 Å². The number of aryl methyl sites for hydroxylation is 1. The van der Waals surface area contributed by atoms with Crippen molar-refractivity contribution in [3.05, 3.63) is 64.9 Å². The summed E-state index contributed by atoms with van der Waals surface area (Å²) in [5.74, 6) is -4.64. The Morgan fingerprint density at radius 3 is 2.44 bits per heavy atom. The minimum absolute atomic E-state index is 0.0269. The molecule has 3 N–H and O–H groups in total. The Bertz CT molecular complexity index is 2510. The van der Waals surface area contributed by atoms with E-state index in [4.69, 9.17) is 9.47 Å². The highest BCUT2D eigenvalue weighted by molar-refractivity contribution is 7.91. The molecule has 1 saturated heterocycles. The molecule has 0 radical (unpaired) electrons. The molecule has 334 valence electrons. The predicted octanol–water partition coefficient (Wildman–Crippen LogP) is 6.85. The quantitative estimate of drug-likeness (QED) is 0.114. The fourth-order valence-electron chi connectivity index (χ4n) is 7.71. The van der Waals surface area contributed by atoms with Gasteiger partial charge in [-0.3, -0.25) is 19.1 Å². The van der Waals surface area contributed by atoms with Gasteiger partial charge in [-0.15, -0.1) is 11.3 Å². The number of halogens is 6. The number of hydrogen-bond donors (Lipinski definition) is 3. The van der Waals surface area contributed by atoms with E-state index in [1.807, 2.05) is 29.8 Å². The summed E-state index contributed by atoms with van der Waals surface area (Å²) in [4.78, 5) is 53.0. The van der Waals surface area contributed by atoms with Gasteiger partial charge in [-0.25, -0.2) is 31.6 Å². The first-order valence-corrected chi connectivity index (χ1v) is 22.1. The van der Waals surface area contributed by atoms with Crippen LogP contribution in [0.15, 0.2) is 48.0 Å². The van der Waals surface area contributed by atoms with E-state index in [0.29, 0.717) is 41.5 Å². The van der Waals surface area contributed by atoms with Crippen molar-refractivity contribution in [2.75, 3.05) is 19.0 Å². The van der Waals surface area contributed by atoms with Crippen molar-refractivity contribution in [2.24, 2.45) is 11.3 Å². The van der Waals surface area contributed by atoms with Crippen LogP contribution in [0.3, 0.4) is 0 Å². The highest BCUT2D eigenvalue weighted by Gasteiger charge is 2.63. The molecule has 3 fully saturated rings. The zero-order chi connectivity index (χ0) is 45.1. The van der Waals surface area contributed by atoms with Crippen molar-refractivity contribution in [3.8, 4) is 22.9 Å². The molecule has 62 heavy (non-hydrogen) atoms. The molecule has 2 aromatic carbocycles. The van der Waals surface area contributed by atoms with Crippen LogP contribution in [0.2, 0.25) is 0 Å². The number of rotatable bonds is 14. The third-order valence-electron chi connectivity index (χ3n) is 11.3. The van der Waals surface area contributed by atoms with Crippen molar-refractivity contribution in [2.45, 2.75) is 101 Å². The van der Waals surface area contributed by atoms with E-state index >= 15 is 0 Å². The summed E-state index contributed by atoms with van der Waals surface area (Å²) in [5, 5.41) is 7.61. The van der Waals surface area contributed by atoms with Gasteiger partial charge in [0.2, 0.25) is 34.1 Å². The Hall–Kier alpha value is -5.18. The first-order valence-electron chi connectivity index (χ1n) is 19.7. The number of nitrogens with one attached hydrogen (secondary N) is 3. The second kappa shape index (κ2) is 16.5. The smallest absolute Gasteiger partial charge is 0.419 e. The molecule has 3 aliphatic rings. The lowest BCUT2D eigenvalue weighted by Crippen LogP contribution is -2.58. The van der Waals surface area contributed by atoms with Gasteiger partial charge in [-0.1, -0.05) is 38.5 Å². The van der Waals surface area contributed by atoms with E-state index in [2.05, 4.69) is 20.6 Å². The van der Waals surface area contributed by atoms with Crippen LogP contribution in [0, 0.1) is 24.1 Å². The number of fused-ring (bicyclic) bond motifs is 1. The maximum Gasteiger partial charge on any atom is 0.419 e. The molecule has 3 amide bonds. The number of anilines is 1. The van der Waals surface area contributed by atoms with Crippen LogP contribution in [-0.2, 0) is 30.6 Å². The highest BCUT2D eigenvalue weighted by Crippen LogP contribution is 2.48. The fraction of sp³-hybridized carbons (Fsp3) is 0.488. The number of benzene rings is 2. The average molecular weight is 911 g/mol. The molecule has 7 rings (SSSR count). The molecule has 2 aromatic heterocycles. The summed E-state index contributed by atoms with van der Waals surface area (Å²) >= 11 is 0.971. The highest BCUT2D eigenvalue weighted by atomic mass is 32.2. The number of aromatic nitrogens is 2. The first-order chi connectivity index (χ1) is 29.0. The number of nitrogens with zero attached hydrogens (tertiary/aromatic N) is 3. The number of methoxy groups -OCH3 is 1. The number of carbonyl (C=O) groups is 3. The van der Waals surface area contributed by atoms with E-state index in [-0.39, 0.29) is 41.7 Å². The predicted molar refractivity (Wildman–Crippen MR) is 217 cm³/mol. The third kappa shape index (κ3) is 9.28. The molecule has 0 unspecified atom stereocenters. The van der Waals surface area contributed by atoms with Gasteiger partial charge in [-0.2, -0.15) is 13.2 Å². The molecule has 4 aromatic rings. The number of hydrogen-bond acceptors (Lipinski definition) is 11. The van der Waals surface area contributed by atoms with Crippen molar-refractivity contribution in [1.29, 1.82) is 0 Å². The summed E-state index contributed by atoms with van der Waals surface area (Å²) < 4.78 is 121. The van der Waals surface area contributed by atoms with E-state index in [1.54, 1.807) is 20.8 Å². The Balaban J connectivity index is 1.20. The summed E-state index contributed by atoms with van der Waals surface area (Å²) in [6.07, 6.45) is -7.87. The van der Waals surface area contributed by atoms with E-state index in [9.17, 15) is 49.1 Å². The van der Waals surface area contributed by atoms with Gasteiger partial charge in [0.25, 0.3) is 5.91 Å². The number of pyridine rings is 1. The summed E-state index contributed by atoms with van der Waals surface area (Å²) in [5.41, 5.74) is -3.48. The lowest BCUT2D eigenvalue weighted by molar-refractivity contribution is -0.141. The van der Waals surface area contributed by atoms with Gasteiger partial charge in [0.1, 0.15) is 35.3 Å². The number of sulfonamides is 1. The zero-order valence-electron chi connectivity index (χ0n) is 34.1. The van der Waals surface area contributed by atoms with Crippen molar-refractivity contribution in [3.63, 3.8) is 0 Å². The molecule has 3 heterocycles. The van der Waals surface area contributed by atoms with Crippen molar-refractivity contribution in [1.82, 2.24) is 24.9 Å². The Morgan fingerprint density at radius 1 is 1.06 bits per heavy atom. The molecule has 21 heteroatoms. The average Bonchev–Trinajstić information content (AvgIpc) is 4.06. The minimum atomic E-state index is -4.96. The molecule has 1 aliphatic heterocycles. The maximum absolute atomic E-state index is 14.9. The zero-order valence-corrected chi connectivity index (χ0v) is 35.7. The minimum Gasteiger partial charge on any atom is -0.494 e. The standard InChI is InChI=1S/C41H44F6N6O7S2/c1-20-6-10-25-26(12-20)35(48-17-31(25)59-5)60-23-15-30(34(54)51-40(16-22(40)14-32(43)44)37(56)52-62(57,58)24-8-9-24)53(18-23)36(55)33(39(2,3)4)50-38-49-29(19-61-38)21-7-11-28(42)27(13-21)41(45,46)47/h6-7,10-13,17,19,22-24,30,32-33H,8-9,14-16,18H2,1-5H3,(H,49,50)(H,51,54)(H,52,56)/t22-,23-,30+,33-,40-/m1/s1. The molecule has 2 saturated carbocycles. The molecule has 0 bridgehead atoms. The van der Waals surface area contributed by atoms with Gasteiger partial charge in [-0.05, 0) is 61.8 Å². The number of likely N-dealkylation sites (tertiary alicyclic amines) is 1. The molecule has 13 nitrogen and oxygen atoms in total. The van der Waals surface area contributed by atoms with Gasteiger partial charge in [0.15, 0.2) is 5.13 Å². The number of alkyl halides is 5. The second-order valence-corrected chi connectivity index (χ2v) is 19.8. The normalized spacial score (nSPS) is 22.1. The number of amides is 3. The van der Waals surface area contributed by atoms with Crippen molar-refractivity contribution >= 4 is 55.0 Å². The van der Waals surface area contributed by atoms with Gasteiger partial charge < -0.3 is 25.0 Å². The molecule has 2 aliphatic carbocycles. The SMILES string of the molecule is COc1cnc(O[C@@H]2C[C@@H](C(=O)N[C@]3(C(=O)NS(=O)(=O)C4CC4)C[C@H]3CC(F)F)N(C(=O)[C@@H](Nc3nc(-c4ccc(F)c(C(F)(F)F)c4)cs3)C(C)(C)C)C2)c2cc(C)ccc12. The largest absolute Gasteiger partial charge is 0.494 e. The van der Waals surface area contributed by atoms with Crippen LogP contribution in [-0.4, -0.2) is 90.1 Å². The Kier molecular flexibility index (Phi) is 11.9. The summed E-state index contributed by atoms with van der Waals surface area (Å²) in [6.45, 7) is 6.83. The maximum atomic E-state index is 14.9. The topological polar surface area (TPSA) is 169 Å². The number of ether oxygens (including phenoxy) is 2. The molecular weight excluding hydrogens is 867 g/mol. The summed E-state index contributed by atoms with van der Waals surface area (Å²) in [7, 11) is -2.65. The van der Waals surface area contributed by atoms with Crippen molar-refractivity contribution < 1.29 is 58.6 Å². The molecular formula is C41H44F6N6O7S2. The van der Waals surface area contributed by atoms with Crippen LogP contribution >= 0.6 is 11.3 Å². The van der Waals surface area contributed by atoms with Crippen LogP contribution in [0.4, 0.5) is 31.5 Å². The van der Waals surface area contributed by atoms with E-state index < -0.39 is 98.5 Å². The third-order valence-corrected chi connectivity index (χ3v) is 13.9. The van der Waals surface area contributed by atoms with Crippen LogP contribution in [0.5, 0.6) is 11.6 Å². The van der Waals surface area contributed by atoms with E-state index in [0.717, 1.165) is 23.0 Å². The first kappa shape index (κ1) is 44.9. The Morgan fingerprint density at radius 2 is 1.79 bits per heavy atom. The van der Waals surface area contributed by atoms with E-state index in [1.165, 1.54) is 23.6 Å². The van der Waals surface area contributed by atoms with Gasteiger partial charge >= 0.3 is 6.18 Å². The molecule has 0 spiro atoms.